The molecule has 0 saturated heterocycles. The number of aromatic nitrogens is 1. The highest BCUT2D eigenvalue weighted by molar-refractivity contribution is 14.0. The first-order valence-corrected chi connectivity index (χ1v) is 6.82. The number of alkyl halides is 3. The standard InChI is InChI=1S/C12H15F3N4S.HI/c1-3-6-17-11(16-4-2)18-7-5-10-19-9(8-20-10)12(13,14)15;/h1,8H,4-7H2,2H3,(H2,16,17,18);1H. The Morgan fingerprint density at radius 2 is 2.19 bits per heavy atom. The SMILES string of the molecule is C#CCNC(=NCCc1nc(C(F)(F)F)cs1)NCC.I. The van der Waals surface area contributed by atoms with Crippen molar-refractivity contribution in [1.82, 2.24) is 15.6 Å². The number of guanidine groups is 1. The topological polar surface area (TPSA) is 49.3 Å². The molecule has 21 heavy (non-hydrogen) atoms. The summed E-state index contributed by atoms with van der Waals surface area (Å²) in [5, 5.41) is 7.30. The zero-order valence-electron chi connectivity index (χ0n) is 11.3. The maximum Gasteiger partial charge on any atom is 0.434 e. The zero-order chi connectivity index (χ0) is 15.0. The van der Waals surface area contributed by atoms with E-state index in [0.717, 1.165) is 16.7 Å². The number of hydrogen-bond acceptors (Lipinski definition) is 3. The molecular formula is C12H16F3IN4S. The molecule has 0 bridgehead atoms. The van der Waals surface area contributed by atoms with Gasteiger partial charge in [0, 0.05) is 24.9 Å². The monoisotopic (exact) mass is 432 g/mol. The summed E-state index contributed by atoms with van der Waals surface area (Å²) in [5.74, 6) is 2.96. The molecule has 0 aliphatic carbocycles. The van der Waals surface area contributed by atoms with Gasteiger partial charge in [-0.3, -0.25) is 4.99 Å². The van der Waals surface area contributed by atoms with E-state index in [1.165, 1.54) is 0 Å². The van der Waals surface area contributed by atoms with Crippen LogP contribution in [0, 0.1) is 12.3 Å². The molecule has 1 rings (SSSR count). The third-order valence-corrected chi connectivity index (χ3v) is 3.05. The van der Waals surface area contributed by atoms with Gasteiger partial charge in [-0.2, -0.15) is 13.2 Å². The lowest BCUT2D eigenvalue weighted by molar-refractivity contribution is -0.140. The van der Waals surface area contributed by atoms with Crippen molar-refractivity contribution < 1.29 is 13.2 Å². The Morgan fingerprint density at radius 1 is 1.48 bits per heavy atom. The highest BCUT2D eigenvalue weighted by Crippen LogP contribution is 2.30. The summed E-state index contributed by atoms with van der Waals surface area (Å²) in [6.45, 7) is 3.25. The van der Waals surface area contributed by atoms with E-state index >= 15 is 0 Å². The third kappa shape index (κ3) is 7.52. The number of hydrogen-bond donors (Lipinski definition) is 2. The zero-order valence-corrected chi connectivity index (χ0v) is 14.5. The number of thiazole rings is 1. The van der Waals surface area contributed by atoms with Crippen LogP contribution in [0.3, 0.4) is 0 Å². The molecule has 0 radical (unpaired) electrons. The molecule has 0 aliphatic heterocycles. The molecular weight excluding hydrogens is 416 g/mol. The normalized spacial score (nSPS) is 11.5. The molecule has 1 heterocycles. The summed E-state index contributed by atoms with van der Waals surface area (Å²) in [6.07, 6.45) is 1.09. The molecule has 0 atom stereocenters. The Kier molecular flexibility index (Phi) is 9.36. The predicted molar refractivity (Wildman–Crippen MR) is 89.0 cm³/mol. The van der Waals surface area contributed by atoms with E-state index < -0.39 is 11.9 Å². The third-order valence-electron chi connectivity index (χ3n) is 2.14. The van der Waals surface area contributed by atoms with Crippen LogP contribution in [0.2, 0.25) is 0 Å². The van der Waals surface area contributed by atoms with Gasteiger partial charge in [-0.05, 0) is 6.92 Å². The average Bonchev–Trinajstić information content (AvgIpc) is 2.84. The van der Waals surface area contributed by atoms with Crippen LogP contribution in [-0.2, 0) is 12.6 Å². The molecule has 1 aromatic heterocycles. The van der Waals surface area contributed by atoms with Crippen molar-refractivity contribution in [3.63, 3.8) is 0 Å². The van der Waals surface area contributed by atoms with Crippen molar-refractivity contribution in [2.45, 2.75) is 19.5 Å². The second-order valence-electron chi connectivity index (χ2n) is 3.69. The van der Waals surface area contributed by atoms with Gasteiger partial charge in [-0.15, -0.1) is 41.7 Å². The van der Waals surface area contributed by atoms with Crippen molar-refractivity contribution in [2.24, 2.45) is 4.99 Å². The summed E-state index contributed by atoms with van der Waals surface area (Å²) in [7, 11) is 0. The first-order valence-electron chi connectivity index (χ1n) is 5.94. The van der Waals surface area contributed by atoms with Crippen molar-refractivity contribution in [1.29, 1.82) is 0 Å². The van der Waals surface area contributed by atoms with Crippen LogP contribution in [0.5, 0.6) is 0 Å². The van der Waals surface area contributed by atoms with Gasteiger partial charge in [0.25, 0.3) is 0 Å². The van der Waals surface area contributed by atoms with E-state index in [1.807, 2.05) is 6.92 Å². The second kappa shape index (κ2) is 9.83. The van der Waals surface area contributed by atoms with Crippen LogP contribution in [-0.4, -0.2) is 30.6 Å². The van der Waals surface area contributed by atoms with Crippen LogP contribution >= 0.6 is 35.3 Å². The van der Waals surface area contributed by atoms with Crippen molar-refractivity contribution >= 4 is 41.3 Å². The van der Waals surface area contributed by atoms with Gasteiger partial charge in [-0.25, -0.2) is 4.98 Å². The van der Waals surface area contributed by atoms with Gasteiger partial charge in [-0.1, -0.05) is 5.92 Å². The Balaban J connectivity index is 0.00000400. The number of nitrogens with zero attached hydrogens (tertiary/aromatic N) is 2. The van der Waals surface area contributed by atoms with Gasteiger partial charge >= 0.3 is 6.18 Å². The van der Waals surface area contributed by atoms with Gasteiger partial charge < -0.3 is 10.6 Å². The Morgan fingerprint density at radius 3 is 2.71 bits per heavy atom. The van der Waals surface area contributed by atoms with E-state index in [0.29, 0.717) is 37.0 Å². The molecule has 0 unspecified atom stereocenters. The number of terminal acetylenes is 1. The summed E-state index contributed by atoms with van der Waals surface area (Å²) >= 11 is 0.986. The minimum atomic E-state index is -4.39. The van der Waals surface area contributed by atoms with Crippen LogP contribution in [0.1, 0.15) is 17.6 Å². The van der Waals surface area contributed by atoms with Crippen LogP contribution in [0.15, 0.2) is 10.4 Å². The molecule has 118 valence electrons. The molecule has 2 N–H and O–H groups in total. The lowest BCUT2D eigenvalue weighted by Crippen LogP contribution is -2.37. The van der Waals surface area contributed by atoms with E-state index in [-0.39, 0.29) is 24.0 Å². The predicted octanol–water partition coefficient (Wildman–Crippen LogP) is 2.51. The van der Waals surface area contributed by atoms with Crippen LogP contribution in [0.25, 0.3) is 0 Å². The van der Waals surface area contributed by atoms with E-state index in [1.54, 1.807) is 0 Å². The Bertz CT molecular complexity index is 493. The molecule has 0 saturated carbocycles. The Hall–Kier alpha value is -1.02. The van der Waals surface area contributed by atoms with Gasteiger partial charge in [0.1, 0.15) is 0 Å². The average molecular weight is 432 g/mol. The van der Waals surface area contributed by atoms with E-state index in [9.17, 15) is 13.2 Å². The van der Waals surface area contributed by atoms with Gasteiger partial charge in [0.15, 0.2) is 11.7 Å². The highest BCUT2D eigenvalue weighted by Gasteiger charge is 2.33. The number of halogens is 4. The molecule has 9 heteroatoms. The minimum absolute atomic E-state index is 0. The first kappa shape index (κ1) is 20.0. The van der Waals surface area contributed by atoms with Crippen molar-refractivity contribution in [2.75, 3.05) is 19.6 Å². The lowest BCUT2D eigenvalue weighted by atomic mass is 10.4. The molecule has 0 fully saturated rings. The maximum absolute atomic E-state index is 12.4. The van der Waals surface area contributed by atoms with Crippen molar-refractivity contribution in [3.8, 4) is 12.3 Å². The van der Waals surface area contributed by atoms with E-state index in [2.05, 4.69) is 26.5 Å². The lowest BCUT2D eigenvalue weighted by Gasteiger charge is -2.08. The largest absolute Gasteiger partial charge is 0.434 e. The summed E-state index contributed by atoms with van der Waals surface area (Å²) in [6, 6.07) is 0. The molecule has 0 aromatic carbocycles. The molecule has 0 amide bonds. The smallest absolute Gasteiger partial charge is 0.357 e. The van der Waals surface area contributed by atoms with Crippen LogP contribution in [0.4, 0.5) is 13.2 Å². The molecule has 1 aromatic rings. The highest BCUT2D eigenvalue weighted by atomic mass is 127. The Labute approximate surface area is 142 Å². The fourth-order valence-electron chi connectivity index (χ4n) is 1.30. The maximum atomic E-state index is 12.4. The minimum Gasteiger partial charge on any atom is -0.357 e. The summed E-state index contributed by atoms with van der Waals surface area (Å²) in [4.78, 5) is 7.74. The molecule has 0 aliphatic rings. The number of rotatable bonds is 5. The molecule has 4 nitrogen and oxygen atoms in total. The second-order valence-corrected chi connectivity index (χ2v) is 4.64. The fraction of sp³-hybridized carbons (Fsp3) is 0.500. The first-order chi connectivity index (χ1) is 9.47. The van der Waals surface area contributed by atoms with Crippen LogP contribution < -0.4 is 10.6 Å². The van der Waals surface area contributed by atoms with Gasteiger partial charge in [0.05, 0.1) is 11.6 Å². The van der Waals surface area contributed by atoms with Gasteiger partial charge in [0.2, 0.25) is 0 Å². The summed E-state index contributed by atoms with van der Waals surface area (Å²) in [5.41, 5.74) is -0.848. The van der Waals surface area contributed by atoms with Crippen molar-refractivity contribution in [3.05, 3.63) is 16.1 Å². The summed E-state index contributed by atoms with van der Waals surface area (Å²) < 4.78 is 37.1. The fourth-order valence-corrected chi connectivity index (χ4v) is 2.09. The van der Waals surface area contributed by atoms with E-state index in [4.69, 9.17) is 6.42 Å². The number of nitrogens with one attached hydrogen (secondary N) is 2. The molecule has 0 spiro atoms. The quantitative estimate of drug-likeness (QED) is 0.326. The number of aliphatic imine (C=N–C) groups is 1.